The zero-order chi connectivity index (χ0) is 13.1. The Morgan fingerprint density at radius 3 is 2.83 bits per heavy atom. The Morgan fingerprint density at radius 1 is 1.39 bits per heavy atom. The average Bonchev–Trinajstić information content (AvgIpc) is 2.44. The van der Waals surface area contributed by atoms with Gasteiger partial charge in [-0.25, -0.2) is 0 Å². The standard InChI is InChI=1S/C13H15ClN2O2/c1-15-13(18)10-3-2-9-4-5-16(12(17)7-14)8-11(9)6-10/h2-3,6H,4-5,7-8H2,1H3,(H,15,18). The largest absolute Gasteiger partial charge is 0.355 e. The van der Waals surface area contributed by atoms with Crippen LogP contribution in [0.5, 0.6) is 0 Å². The first-order chi connectivity index (χ1) is 8.65. The Balaban J connectivity index is 2.24. The second-order valence-electron chi connectivity index (χ2n) is 4.26. The number of nitrogens with one attached hydrogen (secondary N) is 1. The molecule has 0 saturated carbocycles. The normalized spacial score (nSPS) is 14.0. The van der Waals surface area contributed by atoms with E-state index in [0.29, 0.717) is 18.7 Å². The van der Waals surface area contributed by atoms with Crippen LogP contribution in [0.2, 0.25) is 0 Å². The number of benzene rings is 1. The van der Waals surface area contributed by atoms with Crippen LogP contribution in [0.3, 0.4) is 0 Å². The fourth-order valence-electron chi connectivity index (χ4n) is 2.14. The average molecular weight is 267 g/mol. The lowest BCUT2D eigenvalue weighted by atomic mass is 9.97. The molecule has 0 atom stereocenters. The monoisotopic (exact) mass is 266 g/mol. The highest BCUT2D eigenvalue weighted by Crippen LogP contribution is 2.20. The van der Waals surface area contributed by atoms with Crippen LogP contribution in [0.4, 0.5) is 0 Å². The van der Waals surface area contributed by atoms with E-state index in [9.17, 15) is 9.59 Å². The highest BCUT2D eigenvalue weighted by atomic mass is 35.5. The topological polar surface area (TPSA) is 49.4 Å². The summed E-state index contributed by atoms with van der Waals surface area (Å²) in [4.78, 5) is 24.8. The lowest BCUT2D eigenvalue weighted by Gasteiger charge is -2.28. The van der Waals surface area contributed by atoms with Gasteiger partial charge >= 0.3 is 0 Å². The molecule has 1 aromatic carbocycles. The summed E-state index contributed by atoms with van der Waals surface area (Å²) in [6, 6.07) is 5.63. The predicted molar refractivity (Wildman–Crippen MR) is 69.7 cm³/mol. The van der Waals surface area contributed by atoms with E-state index >= 15 is 0 Å². The molecule has 2 rings (SSSR count). The van der Waals surface area contributed by atoms with Crippen LogP contribution in [0.25, 0.3) is 0 Å². The van der Waals surface area contributed by atoms with E-state index < -0.39 is 0 Å². The molecule has 2 amide bonds. The van der Waals surface area contributed by atoms with Gasteiger partial charge < -0.3 is 10.2 Å². The maximum absolute atomic E-state index is 11.6. The van der Waals surface area contributed by atoms with Crippen LogP contribution >= 0.6 is 11.6 Å². The number of carbonyl (C=O) groups is 2. The first-order valence-corrected chi connectivity index (χ1v) is 6.36. The zero-order valence-electron chi connectivity index (χ0n) is 10.2. The molecule has 1 N–H and O–H groups in total. The van der Waals surface area contributed by atoms with Gasteiger partial charge in [-0.15, -0.1) is 11.6 Å². The van der Waals surface area contributed by atoms with Crippen molar-refractivity contribution in [3.63, 3.8) is 0 Å². The Hall–Kier alpha value is -1.55. The van der Waals surface area contributed by atoms with E-state index in [-0.39, 0.29) is 17.7 Å². The number of fused-ring (bicyclic) bond motifs is 1. The van der Waals surface area contributed by atoms with Crippen molar-refractivity contribution in [2.45, 2.75) is 13.0 Å². The summed E-state index contributed by atoms with van der Waals surface area (Å²) in [6.07, 6.45) is 0.811. The Labute approximate surface area is 111 Å². The first kappa shape index (κ1) is 12.9. The van der Waals surface area contributed by atoms with Gasteiger partial charge in [0, 0.05) is 25.7 Å². The molecule has 0 aliphatic carbocycles. The van der Waals surface area contributed by atoms with Gasteiger partial charge in [-0.1, -0.05) is 6.07 Å². The maximum Gasteiger partial charge on any atom is 0.251 e. The van der Waals surface area contributed by atoms with E-state index in [1.807, 2.05) is 18.2 Å². The van der Waals surface area contributed by atoms with Crippen LogP contribution < -0.4 is 5.32 Å². The van der Waals surface area contributed by atoms with Gasteiger partial charge in [0.1, 0.15) is 5.88 Å². The Morgan fingerprint density at radius 2 is 2.17 bits per heavy atom. The molecule has 0 spiro atoms. The van der Waals surface area contributed by atoms with Gasteiger partial charge in [0.25, 0.3) is 5.91 Å². The summed E-state index contributed by atoms with van der Waals surface area (Å²) < 4.78 is 0. The van der Waals surface area contributed by atoms with Crippen molar-refractivity contribution in [2.24, 2.45) is 0 Å². The van der Waals surface area contributed by atoms with Crippen LogP contribution in [0, 0.1) is 0 Å². The maximum atomic E-state index is 11.6. The second-order valence-corrected chi connectivity index (χ2v) is 4.53. The third kappa shape index (κ3) is 2.48. The first-order valence-electron chi connectivity index (χ1n) is 5.83. The number of halogens is 1. The molecule has 4 nitrogen and oxygen atoms in total. The molecule has 96 valence electrons. The lowest BCUT2D eigenvalue weighted by molar-refractivity contribution is -0.129. The fraction of sp³-hybridized carbons (Fsp3) is 0.385. The van der Waals surface area contributed by atoms with E-state index in [0.717, 1.165) is 12.0 Å². The molecule has 0 unspecified atom stereocenters. The quantitative estimate of drug-likeness (QED) is 0.817. The van der Waals surface area contributed by atoms with Crippen molar-refractivity contribution in [3.8, 4) is 0 Å². The molecule has 5 heteroatoms. The number of rotatable bonds is 2. The van der Waals surface area contributed by atoms with Crippen LogP contribution in [-0.2, 0) is 17.8 Å². The molecule has 0 bridgehead atoms. The van der Waals surface area contributed by atoms with Crippen molar-refractivity contribution in [1.82, 2.24) is 10.2 Å². The van der Waals surface area contributed by atoms with E-state index in [1.165, 1.54) is 5.56 Å². The summed E-state index contributed by atoms with van der Waals surface area (Å²) >= 11 is 5.56. The molecule has 1 heterocycles. The van der Waals surface area contributed by atoms with E-state index in [2.05, 4.69) is 5.32 Å². The summed E-state index contributed by atoms with van der Waals surface area (Å²) in [5.74, 6) is -0.170. The summed E-state index contributed by atoms with van der Waals surface area (Å²) in [6.45, 7) is 1.23. The van der Waals surface area contributed by atoms with Gasteiger partial charge in [-0.2, -0.15) is 0 Å². The van der Waals surface area contributed by atoms with Crippen LogP contribution in [0.15, 0.2) is 18.2 Å². The molecular weight excluding hydrogens is 252 g/mol. The highest BCUT2D eigenvalue weighted by Gasteiger charge is 2.20. The summed E-state index contributed by atoms with van der Waals surface area (Å²) in [5.41, 5.74) is 2.85. The third-order valence-corrected chi connectivity index (χ3v) is 3.40. The number of amides is 2. The Kier molecular flexibility index (Phi) is 3.87. The number of alkyl halides is 1. The SMILES string of the molecule is CNC(=O)c1ccc2c(c1)CN(C(=O)CCl)CC2. The van der Waals surface area contributed by atoms with Crippen molar-refractivity contribution in [3.05, 3.63) is 34.9 Å². The molecule has 0 saturated heterocycles. The molecule has 1 aromatic rings. The molecule has 0 aromatic heterocycles. The number of nitrogens with zero attached hydrogens (tertiary/aromatic N) is 1. The van der Waals surface area contributed by atoms with Gasteiger partial charge in [0.15, 0.2) is 0 Å². The number of hydrogen-bond acceptors (Lipinski definition) is 2. The minimum absolute atomic E-state index is 0.00443. The smallest absolute Gasteiger partial charge is 0.251 e. The molecular formula is C13H15ClN2O2. The van der Waals surface area contributed by atoms with Gasteiger partial charge in [0.05, 0.1) is 0 Å². The van der Waals surface area contributed by atoms with Gasteiger partial charge in [-0.3, -0.25) is 9.59 Å². The van der Waals surface area contributed by atoms with E-state index in [4.69, 9.17) is 11.6 Å². The molecule has 18 heavy (non-hydrogen) atoms. The molecule has 0 fully saturated rings. The van der Waals surface area contributed by atoms with Crippen molar-refractivity contribution in [1.29, 1.82) is 0 Å². The third-order valence-electron chi connectivity index (χ3n) is 3.17. The van der Waals surface area contributed by atoms with Gasteiger partial charge in [-0.05, 0) is 29.7 Å². The predicted octanol–water partition coefficient (Wildman–Crippen LogP) is 1.17. The fourth-order valence-corrected chi connectivity index (χ4v) is 2.31. The number of carbonyl (C=O) groups excluding carboxylic acids is 2. The summed E-state index contributed by atoms with van der Waals surface area (Å²) in [5, 5.41) is 2.59. The Bertz CT molecular complexity index is 488. The molecule has 0 radical (unpaired) electrons. The van der Waals surface area contributed by atoms with Crippen molar-refractivity contribution >= 4 is 23.4 Å². The van der Waals surface area contributed by atoms with Crippen LogP contribution in [0.1, 0.15) is 21.5 Å². The van der Waals surface area contributed by atoms with Crippen molar-refractivity contribution < 1.29 is 9.59 Å². The number of hydrogen-bond donors (Lipinski definition) is 1. The van der Waals surface area contributed by atoms with E-state index in [1.54, 1.807) is 11.9 Å². The minimum Gasteiger partial charge on any atom is -0.355 e. The van der Waals surface area contributed by atoms with Gasteiger partial charge in [0.2, 0.25) is 5.91 Å². The lowest BCUT2D eigenvalue weighted by Crippen LogP contribution is -2.36. The zero-order valence-corrected chi connectivity index (χ0v) is 11.0. The molecule has 1 aliphatic rings. The second kappa shape index (κ2) is 5.40. The van der Waals surface area contributed by atoms with Crippen LogP contribution in [-0.4, -0.2) is 36.2 Å². The minimum atomic E-state index is -0.112. The van der Waals surface area contributed by atoms with Crippen molar-refractivity contribution in [2.75, 3.05) is 19.5 Å². The molecule has 1 aliphatic heterocycles. The highest BCUT2D eigenvalue weighted by molar-refractivity contribution is 6.27. The summed E-state index contributed by atoms with van der Waals surface area (Å²) in [7, 11) is 1.60.